The average Bonchev–Trinajstić information content (AvgIpc) is 3.30. The fourth-order valence-electron chi connectivity index (χ4n) is 4.05. The highest BCUT2D eigenvalue weighted by Crippen LogP contribution is 2.32. The molecule has 0 aliphatic heterocycles. The molecule has 0 bridgehead atoms. The highest BCUT2D eigenvalue weighted by Gasteiger charge is 2.21. The number of anilines is 1. The maximum Gasteiger partial charge on any atom is 0.224 e. The van der Waals surface area contributed by atoms with Gasteiger partial charge in [0.2, 0.25) is 5.95 Å². The van der Waals surface area contributed by atoms with Crippen molar-refractivity contribution in [3.63, 3.8) is 0 Å². The summed E-state index contributed by atoms with van der Waals surface area (Å²) in [5.41, 5.74) is 4.19. The first-order valence-corrected chi connectivity index (χ1v) is 10.5. The minimum Gasteiger partial charge on any atom is -0.381 e. The smallest absolute Gasteiger partial charge is 0.224 e. The van der Waals surface area contributed by atoms with Crippen LogP contribution in [0.15, 0.2) is 30.6 Å². The first-order chi connectivity index (χ1) is 13.7. The zero-order valence-electron chi connectivity index (χ0n) is 16.0. The number of H-pyrrole nitrogens is 1. The molecule has 1 aliphatic rings. The van der Waals surface area contributed by atoms with Crippen molar-refractivity contribution in [3.05, 3.63) is 35.6 Å². The number of benzene rings is 1. The first kappa shape index (κ1) is 17.6. The fourth-order valence-corrected chi connectivity index (χ4v) is 4.91. The number of rotatable bonds is 4. The first-order valence-electron chi connectivity index (χ1n) is 9.70. The Morgan fingerprint density at radius 1 is 1.18 bits per heavy atom. The van der Waals surface area contributed by atoms with Crippen LogP contribution in [0.1, 0.15) is 30.7 Å². The maximum absolute atomic E-state index is 5.45. The van der Waals surface area contributed by atoms with Crippen LogP contribution in [-0.4, -0.2) is 39.2 Å². The standard InChI is InChI=1S/C21H23N5OS/c1-12-24-18-8-3-13(9-19(18)28-12)16-10-22-20-17(16)11-23-21(26-20)25-14-4-6-15(27-2)7-5-14/h3,8-11,14-15H,4-7H2,1-2H3,(H2,22,23,25,26). The van der Waals surface area contributed by atoms with E-state index in [1.165, 1.54) is 4.70 Å². The molecule has 6 nitrogen and oxygen atoms in total. The van der Waals surface area contributed by atoms with Gasteiger partial charge in [0.25, 0.3) is 0 Å². The molecule has 7 heteroatoms. The molecule has 1 saturated carbocycles. The van der Waals surface area contributed by atoms with E-state index in [-0.39, 0.29) is 0 Å². The summed E-state index contributed by atoms with van der Waals surface area (Å²) in [5.74, 6) is 0.690. The van der Waals surface area contributed by atoms with Gasteiger partial charge < -0.3 is 15.0 Å². The van der Waals surface area contributed by atoms with Crippen molar-refractivity contribution < 1.29 is 4.74 Å². The Balaban J connectivity index is 1.40. The fraction of sp³-hybridized carbons (Fsp3) is 0.381. The Morgan fingerprint density at radius 2 is 2.04 bits per heavy atom. The SMILES string of the molecule is COC1CCC(Nc2ncc3c(-c4ccc5nc(C)sc5c4)c[nH]c3n2)CC1. The summed E-state index contributed by atoms with van der Waals surface area (Å²) in [4.78, 5) is 17.1. The third kappa shape index (κ3) is 3.25. The number of hydrogen-bond donors (Lipinski definition) is 2. The lowest BCUT2D eigenvalue weighted by Gasteiger charge is -2.28. The normalized spacial score (nSPS) is 20.1. The average molecular weight is 394 g/mol. The Bertz CT molecular complexity index is 1130. The third-order valence-electron chi connectivity index (χ3n) is 5.58. The molecule has 1 fully saturated rings. The number of ether oxygens (including phenoxy) is 1. The summed E-state index contributed by atoms with van der Waals surface area (Å²) in [6.45, 7) is 2.04. The van der Waals surface area contributed by atoms with Crippen molar-refractivity contribution in [3.8, 4) is 11.1 Å². The minimum absolute atomic E-state index is 0.395. The van der Waals surface area contributed by atoms with Crippen molar-refractivity contribution in [2.75, 3.05) is 12.4 Å². The van der Waals surface area contributed by atoms with Crippen molar-refractivity contribution in [2.45, 2.75) is 44.8 Å². The molecule has 0 atom stereocenters. The van der Waals surface area contributed by atoms with E-state index in [0.29, 0.717) is 18.1 Å². The van der Waals surface area contributed by atoms with Gasteiger partial charge in [0.1, 0.15) is 5.65 Å². The topological polar surface area (TPSA) is 75.7 Å². The van der Waals surface area contributed by atoms with E-state index in [4.69, 9.17) is 9.72 Å². The van der Waals surface area contributed by atoms with Crippen molar-refractivity contribution in [1.82, 2.24) is 19.9 Å². The Hall–Kier alpha value is -2.51. The van der Waals surface area contributed by atoms with Gasteiger partial charge in [0.05, 0.1) is 21.3 Å². The van der Waals surface area contributed by atoms with Crippen LogP contribution in [0.4, 0.5) is 5.95 Å². The number of fused-ring (bicyclic) bond motifs is 2. The predicted octanol–water partition coefficient (Wildman–Crippen LogP) is 4.91. The second-order valence-corrected chi connectivity index (χ2v) is 8.66. The minimum atomic E-state index is 0.395. The second-order valence-electron chi connectivity index (χ2n) is 7.43. The monoisotopic (exact) mass is 393 g/mol. The number of hydrogen-bond acceptors (Lipinski definition) is 6. The molecule has 0 spiro atoms. The quantitative estimate of drug-likeness (QED) is 0.515. The van der Waals surface area contributed by atoms with Gasteiger partial charge >= 0.3 is 0 Å². The van der Waals surface area contributed by atoms with Gasteiger partial charge in [-0.15, -0.1) is 11.3 Å². The van der Waals surface area contributed by atoms with E-state index in [1.54, 1.807) is 18.4 Å². The molecule has 0 radical (unpaired) electrons. The van der Waals surface area contributed by atoms with Crippen LogP contribution in [0.2, 0.25) is 0 Å². The molecule has 3 aromatic heterocycles. The lowest BCUT2D eigenvalue weighted by Crippen LogP contribution is -2.29. The molecule has 2 N–H and O–H groups in total. The molecule has 5 rings (SSSR count). The highest BCUT2D eigenvalue weighted by molar-refractivity contribution is 7.18. The summed E-state index contributed by atoms with van der Waals surface area (Å²) in [6.07, 6.45) is 8.67. The van der Waals surface area contributed by atoms with Crippen LogP contribution in [-0.2, 0) is 4.74 Å². The molecule has 0 unspecified atom stereocenters. The summed E-state index contributed by atoms with van der Waals surface area (Å²) in [7, 11) is 1.80. The van der Waals surface area contributed by atoms with Crippen LogP contribution in [0.5, 0.6) is 0 Å². The van der Waals surface area contributed by atoms with Crippen LogP contribution < -0.4 is 5.32 Å². The summed E-state index contributed by atoms with van der Waals surface area (Å²) >= 11 is 1.72. The molecule has 1 aromatic carbocycles. The van der Waals surface area contributed by atoms with E-state index in [1.807, 2.05) is 19.3 Å². The Labute approximate surface area is 167 Å². The number of nitrogens with zero attached hydrogens (tertiary/aromatic N) is 3. The Morgan fingerprint density at radius 3 is 2.86 bits per heavy atom. The molecular formula is C21H23N5OS. The van der Waals surface area contributed by atoms with Gasteiger partial charge in [0, 0.05) is 36.5 Å². The summed E-state index contributed by atoms with van der Waals surface area (Å²) in [6, 6.07) is 6.81. The van der Waals surface area contributed by atoms with Gasteiger partial charge in [-0.05, 0) is 50.3 Å². The van der Waals surface area contributed by atoms with E-state index < -0.39 is 0 Å². The Kier molecular flexibility index (Phi) is 4.49. The van der Waals surface area contributed by atoms with E-state index in [9.17, 15) is 0 Å². The molecule has 4 aromatic rings. The van der Waals surface area contributed by atoms with Crippen LogP contribution >= 0.6 is 11.3 Å². The maximum atomic E-state index is 5.45. The summed E-state index contributed by atoms with van der Waals surface area (Å²) in [5, 5.41) is 5.61. The van der Waals surface area contributed by atoms with Gasteiger partial charge in [-0.1, -0.05) is 6.07 Å². The number of thiazole rings is 1. The predicted molar refractivity (Wildman–Crippen MR) is 114 cm³/mol. The molecule has 3 heterocycles. The van der Waals surface area contributed by atoms with Crippen LogP contribution in [0, 0.1) is 6.92 Å². The summed E-state index contributed by atoms with van der Waals surface area (Å²) < 4.78 is 6.66. The molecule has 1 aliphatic carbocycles. The number of methoxy groups -OCH3 is 1. The molecule has 28 heavy (non-hydrogen) atoms. The van der Waals surface area contributed by atoms with E-state index in [0.717, 1.165) is 58.4 Å². The van der Waals surface area contributed by atoms with Crippen molar-refractivity contribution in [1.29, 1.82) is 0 Å². The van der Waals surface area contributed by atoms with Crippen LogP contribution in [0.3, 0.4) is 0 Å². The molecule has 144 valence electrons. The zero-order chi connectivity index (χ0) is 19.1. The molecule has 0 saturated heterocycles. The zero-order valence-corrected chi connectivity index (χ0v) is 16.8. The van der Waals surface area contributed by atoms with Gasteiger partial charge in [-0.2, -0.15) is 4.98 Å². The van der Waals surface area contributed by atoms with Gasteiger partial charge in [-0.3, -0.25) is 0 Å². The van der Waals surface area contributed by atoms with Gasteiger partial charge in [0.15, 0.2) is 0 Å². The number of nitrogens with one attached hydrogen (secondary N) is 2. The van der Waals surface area contributed by atoms with Crippen molar-refractivity contribution in [2.24, 2.45) is 0 Å². The second kappa shape index (κ2) is 7.14. The molecular weight excluding hydrogens is 370 g/mol. The number of aryl methyl sites for hydroxylation is 1. The lowest BCUT2D eigenvalue weighted by atomic mass is 9.93. The largest absolute Gasteiger partial charge is 0.381 e. The lowest BCUT2D eigenvalue weighted by molar-refractivity contribution is 0.0681. The highest BCUT2D eigenvalue weighted by atomic mass is 32.1. The van der Waals surface area contributed by atoms with Crippen molar-refractivity contribution >= 4 is 38.5 Å². The van der Waals surface area contributed by atoms with Gasteiger partial charge in [-0.25, -0.2) is 9.97 Å². The number of aromatic nitrogens is 4. The number of aromatic amines is 1. The third-order valence-corrected chi connectivity index (χ3v) is 6.51. The van der Waals surface area contributed by atoms with Crippen LogP contribution in [0.25, 0.3) is 32.4 Å². The van der Waals surface area contributed by atoms with E-state index in [2.05, 4.69) is 38.5 Å². The molecule has 0 amide bonds. The van der Waals surface area contributed by atoms with E-state index >= 15 is 0 Å².